The maximum Gasteiger partial charge on any atom is 0.264 e. The van der Waals surface area contributed by atoms with Crippen molar-refractivity contribution in [3.8, 4) is 0 Å². The van der Waals surface area contributed by atoms with E-state index < -0.39 is 15.9 Å². The molecule has 0 spiro atoms. The molecule has 1 aromatic rings. The molecule has 0 saturated heterocycles. The number of carbonyl (C=O) groups is 1. The maximum absolute atomic E-state index is 11.6. The van der Waals surface area contributed by atoms with E-state index >= 15 is 0 Å². The highest BCUT2D eigenvalue weighted by Gasteiger charge is 2.16. The smallest absolute Gasteiger partial charge is 0.264 e. The largest absolute Gasteiger partial charge is 0.268 e. The first-order valence-corrected chi connectivity index (χ1v) is 6.66. The van der Waals surface area contributed by atoms with Gasteiger partial charge in [-0.05, 0) is 18.1 Å². The molecule has 0 atom stereocenters. The Morgan fingerprint density at radius 1 is 1.25 bits per heavy atom. The molecule has 1 N–H and O–H groups in total. The average molecular weight is 241 g/mol. The predicted molar refractivity (Wildman–Crippen MR) is 62.5 cm³/mol. The highest BCUT2D eigenvalue weighted by atomic mass is 32.2. The summed E-state index contributed by atoms with van der Waals surface area (Å²) < 4.78 is 25.0. The van der Waals surface area contributed by atoms with Gasteiger partial charge in [0.05, 0.1) is 5.75 Å². The summed E-state index contributed by atoms with van der Waals surface area (Å²) in [5.74, 6) is -0.645. The van der Waals surface area contributed by atoms with E-state index in [1.165, 1.54) is 0 Å². The molecule has 1 aromatic carbocycles. The summed E-state index contributed by atoms with van der Waals surface area (Å²) in [5, 5.41) is 0. The Balaban J connectivity index is 2.73. The summed E-state index contributed by atoms with van der Waals surface area (Å²) in [6.45, 7) is 3.57. The molecule has 16 heavy (non-hydrogen) atoms. The highest BCUT2D eigenvalue weighted by Crippen LogP contribution is 2.02. The lowest BCUT2D eigenvalue weighted by Crippen LogP contribution is -2.33. The molecular formula is C11H15NO3S. The fourth-order valence-corrected chi connectivity index (χ4v) is 2.63. The van der Waals surface area contributed by atoms with Crippen LogP contribution in [0, 0.1) is 5.92 Å². The summed E-state index contributed by atoms with van der Waals surface area (Å²) in [4.78, 5) is 11.6. The number of hydrogen-bond acceptors (Lipinski definition) is 3. The first-order chi connectivity index (χ1) is 7.41. The molecule has 0 aromatic heterocycles. The summed E-state index contributed by atoms with van der Waals surface area (Å²) in [5.41, 5.74) is 0.342. The van der Waals surface area contributed by atoms with Crippen molar-refractivity contribution >= 4 is 15.9 Å². The molecule has 0 heterocycles. The van der Waals surface area contributed by atoms with E-state index in [-0.39, 0.29) is 11.7 Å². The van der Waals surface area contributed by atoms with Crippen LogP contribution in [0.3, 0.4) is 0 Å². The number of nitrogens with one attached hydrogen (secondary N) is 1. The fourth-order valence-electron chi connectivity index (χ4n) is 1.27. The van der Waals surface area contributed by atoms with Crippen LogP contribution in [0.25, 0.3) is 0 Å². The number of sulfonamides is 1. The SMILES string of the molecule is CC(C)CS(=O)(=O)NC(=O)c1ccccc1. The second-order valence-corrected chi connectivity index (χ2v) is 5.74. The fraction of sp³-hybridized carbons (Fsp3) is 0.364. The monoisotopic (exact) mass is 241 g/mol. The number of carbonyl (C=O) groups excluding carboxylic acids is 1. The molecule has 0 aliphatic carbocycles. The minimum atomic E-state index is -3.53. The van der Waals surface area contributed by atoms with Crippen LogP contribution in [-0.2, 0) is 10.0 Å². The number of benzene rings is 1. The van der Waals surface area contributed by atoms with E-state index in [4.69, 9.17) is 0 Å². The van der Waals surface area contributed by atoms with Gasteiger partial charge in [-0.2, -0.15) is 0 Å². The van der Waals surface area contributed by atoms with Crippen molar-refractivity contribution in [3.63, 3.8) is 0 Å². The minimum Gasteiger partial charge on any atom is -0.268 e. The maximum atomic E-state index is 11.6. The van der Waals surface area contributed by atoms with Crippen LogP contribution in [-0.4, -0.2) is 20.1 Å². The van der Waals surface area contributed by atoms with Gasteiger partial charge >= 0.3 is 0 Å². The summed E-state index contributed by atoms with van der Waals surface area (Å²) in [6, 6.07) is 8.27. The van der Waals surface area contributed by atoms with Gasteiger partial charge in [-0.15, -0.1) is 0 Å². The van der Waals surface area contributed by atoms with Gasteiger partial charge in [0, 0.05) is 5.56 Å². The van der Waals surface area contributed by atoms with Gasteiger partial charge < -0.3 is 0 Å². The van der Waals surface area contributed by atoms with Crippen molar-refractivity contribution in [3.05, 3.63) is 35.9 Å². The zero-order valence-electron chi connectivity index (χ0n) is 9.30. The van der Waals surface area contributed by atoms with Crippen molar-refractivity contribution in [2.45, 2.75) is 13.8 Å². The van der Waals surface area contributed by atoms with Crippen LogP contribution in [0.5, 0.6) is 0 Å². The summed E-state index contributed by atoms with van der Waals surface area (Å²) >= 11 is 0. The van der Waals surface area contributed by atoms with Crippen LogP contribution < -0.4 is 4.72 Å². The van der Waals surface area contributed by atoms with Gasteiger partial charge in [-0.1, -0.05) is 32.0 Å². The van der Waals surface area contributed by atoms with Gasteiger partial charge in [0.15, 0.2) is 0 Å². The Kier molecular flexibility index (Phi) is 4.06. The Morgan fingerprint density at radius 2 is 1.81 bits per heavy atom. The van der Waals surface area contributed by atoms with Gasteiger partial charge in [-0.25, -0.2) is 13.1 Å². The Labute approximate surface area is 95.7 Å². The van der Waals surface area contributed by atoms with Crippen LogP contribution in [0.2, 0.25) is 0 Å². The third-order valence-corrected chi connectivity index (χ3v) is 3.44. The van der Waals surface area contributed by atoms with Crippen molar-refractivity contribution < 1.29 is 13.2 Å². The van der Waals surface area contributed by atoms with Crippen molar-refractivity contribution in [1.82, 2.24) is 4.72 Å². The zero-order chi connectivity index (χ0) is 12.2. The second-order valence-electron chi connectivity index (χ2n) is 3.97. The molecule has 5 heteroatoms. The standard InChI is InChI=1S/C11H15NO3S/c1-9(2)8-16(14,15)12-11(13)10-6-4-3-5-7-10/h3-7,9H,8H2,1-2H3,(H,12,13). The van der Waals surface area contributed by atoms with Crippen LogP contribution in [0.4, 0.5) is 0 Å². The molecule has 0 aliphatic heterocycles. The molecular weight excluding hydrogens is 226 g/mol. The molecule has 0 saturated carbocycles. The lowest BCUT2D eigenvalue weighted by atomic mass is 10.2. The van der Waals surface area contributed by atoms with E-state index in [9.17, 15) is 13.2 Å². The minimum absolute atomic E-state index is 0.0129. The molecule has 0 fully saturated rings. The quantitative estimate of drug-likeness (QED) is 0.866. The second kappa shape index (κ2) is 5.12. The Hall–Kier alpha value is -1.36. The van der Waals surface area contributed by atoms with Crippen LogP contribution in [0.1, 0.15) is 24.2 Å². The van der Waals surface area contributed by atoms with Gasteiger partial charge in [0.1, 0.15) is 0 Å². The summed E-state index contributed by atoms with van der Waals surface area (Å²) in [6.07, 6.45) is 0. The van der Waals surface area contributed by atoms with Crippen LogP contribution in [0.15, 0.2) is 30.3 Å². The molecule has 88 valence electrons. The third-order valence-electron chi connectivity index (χ3n) is 1.84. The molecule has 1 rings (SSSR count). The Morgan fingerprint density at radius 3 is 2.31 bits per heavy atom. The zero-order valence-corrected chi connectivity index (χ0v) is 10.1. The van der Waals surface area contributed by atoms with E-state index in [1.54, 1.807) is 44.2 Å². The molecule has 0 aliphatic rings. The van der Waals surface area contributed by atoms with Crippen molar-refractivity contribution in [2.24, 2.45) is 5.92 Å². The number of amides is 1. The first kappa shape index (κ1) is 12.7. The molecule has 4 nitrogen and oxygen atoms in total. The normalized spacial score (nSPS) is 11.4. The van der Waals surface area contributed by atoms with Crippen molar-refractivity contribution in [2.75, 3.05) is 5.75 Å². The summed E-state index contributed by atoms with van der Waals surface area (Å²) in [7, 11) is -3.53. The van der Waals surface area contributed by atoms with E-state index in [0.29, 0.717) is 5.56 Å². The number of hydrogen-bond donors (Lipinski definition) is 1. The molecule has 0 bridgehead atoms. The lowest BCUT2D eigenvalue weighted by molar-refractivity contribution is 0.0981. The van der Waals surface area contributed by atoms with Gasteiger partial charge in [0.2, 0.25) is 10.0 Å². The highest BCUT2D eigenvalue weighted by molar-refractivity contribution is 7.90. The number of rotatable bonds is 4. The molecule has 0 radical (unpaired) electrons. The predicted octanol–water partition coefficient (Wildman–Crippen LogP) is 1.40. The first-order valence-electron chi connectivity index (χ1n) is 5.00. The topological polar surface area (TPSA) is 63.2 Å². The molecule has 1 amide bonds. The van der Waals surface area contributed by atoms with Gasteiger partial charge in [0.25, 0.3) is 5.91 Å². The third kappa shape index (κ3) is 4.02. The Bertz CT molecular complexity index is 451. The van der Waals surface area contributed by atoms with Crippen LogP contribution >= 0.6 is 0 Å². The molecule has 0 unspecified atom stereocenters. The lowest BCUT2D eigenvalue weighted by Gasteiger charge is -2.08. The van der Waals surface area contributed by atoms with Crippen molar-refractivity contribution in [1.29, 1.82) is 0 Å². The van der Waals surface area contributed by atoms with E-state index in [2.05, 4.69) is 0 Å². The van der Waals surface area contributed by atoms with E-state index in [1.807, 2.05) is 4.72 Å². The average Bonchev–Trinajstić information content (AvgIpc) is 2.16. The van der Waals surface area contributed by atoms with E-state index in [0.717, 1.165) is 0 Å². The van der Waals surface area contributed by atoms with Gasteiger partial charge in [-0.3, -0.25) is 4.79 Å².